The quantitative estimate of drug-likeness (QED) is 0.416. The van der Waals surface area contributed by atoms with E-state index in [1.54, 1.807) is 34.5 Å². The van der Waals surface area contributed by atoms with Gasteiger partial charge in [0.25, 0.3) is 0 Å². The highest BCUT2D eigenvalue weighted by Gasteiger charge is 2.46. The molecule has 2 aromatic carbocycles. The van der Waals surface area contributed by atoms with Crippen LogP contribution in [0.1, 0.15) is 56.1 Å². The van der Waals surface area contributed by atoms with Crippen molar-refractivity contribution < 1.29 is 33.3 Å². The lowest BCUT2D eigenvalue weighted by atomic mass is 9.69. The van der Waals surface area contributed by atoms with Crippen LogP contribution in [0.4, 0.5) is 0 Å². The molecule has 0 saturated heterocycles. The van der Waals surface area contributed by atoms with E-state index < -0.39 is 17.8 Å². The fraction of sp³-hybridized carbons (Fsp3) is 0.433. The van der Waals surface area contributed by atoms with Crippen molar-refractivity contribution in [2.45, 2.75) is 44.9 Å². The maximum atomic E-state index is 13.9. The molecule has 1 unspecified atom stereocenters. The molecule has 0 aromatic heterocycles. The van der Waals surface area contributed by atoms with Crippen LogP contribution in [0.25, 0.3) is 0 Å². The highest BCUT2D eigenvalue weighted by atomic mass is 16.5. The number of benzene rings is 2. The maximum absolute atomic E-state index is 13.9. The molecule has 0 saturated carbocycles. The highest BCUT2D eigenvalue weighted by molar-refractivity contribution is 6.09. The molecule has 38 heavy (non-hydrogen) atoms. The summed E-state index contributed by atoms with van der Waals surface area (Å²) in [6, 6.07) is 11.2. The molecule has 8 heteroatoms. The Labute approximate surface area is 223 Å². The highest BCUT2D eigenvalue weighted by Crippen LogP contribution is 2.50. The van der Waals surface area contributed by atoms with Gasteiger partial charge in [-0.15, -0.1) is 0 Å². The summed E-state index contributed by atoms with van der Waals surface area (Å²) in [7, 11) is 6.30. The summed E-state index contributed by atoms with van der Waals surface area (Å²) in [5, 5.41) is 0. The van der Waals surface area contributed by atoms with Gasteiger partial charge in [0.05, 0.1) is 35.0 Å². The zero-order valence-corrected chi connectivity index (χ0v) is 22.8. The minimum absolute atomic E-state index is 0.0505. The molecule has 1 aliphatic heterocycles. The molecule has 0 N–H and O–H groups in total. The van der Waals surface area contributed by atoms with Gasteiger partial charge in [-0.25, -0.2) is 0 Å². The van der Waals surface area contributed by atoms with E-state index in [-0.39, 0.29) is 18.1 Å². The van der Waals surface area contributed by atoms with Gasteiger partial charge in [-0.3, -0.25) is 14.6 Å². The third-order valence-corrected chi connectivity index (χ3v) is 7.24. The number of rotatable bonds is 9. The average molecular weight is 522 g/mol. The van der Waals surface area contributed by atoms with Gasteiger partial charge in [0.15, 0.2) is 28.8 Å². The number of carbonyl (C=O) groups excluding carboxylic acids is 2. The number of ketones is 1. The molecule has 2 aromatic rings. The lowest BCUT2D eigenvalue weighted by Crippen LogP contribution is -2.38. The molecule has 2 aliphatic rings. The van der Waals surface area contributed by atoms with Gasteiger partial charge < -0.3 is 23.7 Å². The number of Topliss-reactive ketones (excluding diaryl/α,β-unsaturated/α-hetero) is 1. The van der Waals surface area contributed by atoms with Crippen molar-refractivity contribution >= 4 is 17.5 Å². The summed E-state index contributed by atoms with van der Waals surface area (Å²) in [4.78, 5) is 32.1. The van der Waals surface area contributed by atoms with Crippen LogP contribution in [-0.4, -0.2) is 52.5 Å². The number of methoxy groups -OCH3 is 4. The molecule has 202 valence electrons. The minimum atomic E-state index is -0.747. The van der Waals surface area contributed by atoms with Crippen LogP contribution in [0.5, 0.6) is 23.0 Å². The summed E-state index contributed by atoms with van der Waals surface area (Å²) in [5.74, 6) is 0.369. The first kappa shape index (κ1) is 27.2. The minimum Gasteiger partial charge on any atom is -0.493 e. The van der Waals surface area contributed by atoms with Crippen molar-refractivity contribution in [2.24, 2.45) is 10.9 Å². The fourth-order valence-electron chi connectivity index (χ4n) is 5.49. The van der Waals surface area contributed by atoms with E-state index in [0.717, 1.165) is 5.56 Å². The smallest absolute Gasteiger partial charge is 0.315 e. The number of hydrogen-bond acceptors (Lipinski definition) is 8. The van der Waals surface area contributed by atoms with Crippen LogP contribution in [0.3, 0.4) is 0 Å². The van der Waals surface area contributed by atoms with Crippen molar-refractivity contribution in [2.75, 3.05) is 35.0 Å². The third kappa shape index (κ3) is 4.99. The second-order valence-electron chi connectivity index (χ2n) is 9.46. The standard InChI is InChI=1S/C30H35NO7/c1-7-13-38-30(33)26-17(2)31-21-14-19(18-11-12-23(34-3)25(16-18)36-5)15-22(32)28(21)27(26)20-9-8-10-24(35-4)29(20)37-6/h8-12,16,19,26-27H,7,13-15H2,1-6H3/t19-,26?,27-/m1/s1. The molecule has 0 bridgehead atoms. The molecule has 0 spiro atoms. The van der Waals surface area contributed by atoms with Crippen LogP contribution in [0, 0.1) is 5.92 Å². The summed E-state index contributed by atoms with van der Waals surface area (Å²) in [5.41, 5.74) is 3.51. The average Bonchev–Trinajstić information content (AvgIpc) is 2.93. The van der Waals surface area contributed by atoms with E-state index in [0.29, 0.717) is 65.0 Å². The van der Waals surface area contributed by atoms with Gasteiger partial charge in [-0.2, -0.15) is 0 Å². The van der Waals surface area contributed by atoms with Crippen LogP contribution in [0.2, 0.25) is 0 Å². The maximum Gasteiger partial charge on any atom is 0.315 e. The Morgan fingerprint density at radius 1 is 0.947 bits per heavy atom. The predicted molar refractivity (Wildman–Crippen MR) is 144 cm³/mol. The first-order valence-corrected chi connectivity index (χ1v) is 12.8. The van der Waals surface area contributed by atoms with Gasteiger partial charge in [0, 0.05) is 34.9 Å². The lowest BCUT2D eigenvalue weighted by molar-refractivity contribution is -0.146. The number of aliphatic imine (C=N–C) groups is 1. The SMILES string of the molecule is CCCOC(=O)C1C(C)=NC2=C(C(=O)C[C@H](c3ccc(OC)c(OC)c3)C2)[C@@H]1c1cccc(OC)c1OC. The predicted octanol–water partition coefficient (Wildman–Crippen LogP) is 5.25. The summed E-state index contributed by atoms with van der Waals surface area (Å²) >= 11 is 0. The Bertz CT molecular complexity index is 1280. The zero-order valence-electron chi connectivity index (χ0n) is 22.8. The largest absolute Gasteiger partial charge is 0.493 e. The van der Waals surface area contributed by atoms with E-state index in [1.807, 2.05) is 44.2 Å². The Balaban J connectivity index is 1.83. The topological polar surface area (TPSA) is 92.7 Å². The van der Waals surface area contributed by atoms with E-state index >= 15 is 0 Å². The third-order valence-electron chi connectivity index (χ3n) is 7.24. The van der Waals surface area contributed by atoms with Gasteiger partial charge >= 0.3 is 5.97 Å². The molecular formula is C30H35NO7. The zero-order chi connectivity index (χ0) is 27.4. The number of hydrogen-bond donors (Lipinski definition) is 0. The molecule has 3 atom stereocenters. The molecular weight excluding hydrogens is 486 g/mol. The van der Waals surface area contributed by atoms with Crippen LogP contribution >= 0.6 is 0 Å². The Morgan fingerprint density at radius 3 is 2.34 bits per heavy atom. The van der Waals surface area contributed by atoms with E-state index in [9.17, 15) is 9.59 Å². The van der Waals surface area contributed by atoms with Crippen molar-refractivity contribution in [3.05, 3.63) is 58.8 Å². The fourth-order valence-corrected chi connectivity index (χ4v) is 5.49. The van der Waals surface area contributed by atoms with E-state index in [1.165, 1.54) is 0 Å². The van der Waals surface area contributed by atoms with Crippen molar-refractivity contribution in [3.63, 3.8) is 0 Å². The van der Waals surface area contributed by atoms with Gasteiger partial charge in [0.2, 0.25) is 0 Å². The number of esters is 1. The van der Waals surface area contributed by atoms with Crippen LogP contribution < -0.4 is 18.9 Å². The molecule has 1 heterocycles. The molecule has 0 radical (unpaired) electrons. The first-order valence-electron chi connectivity index (χ1n) is 12.8. The Morgan fingerprint density at radius 2 is 1.68 bits per heavy atom. The molecule has 1 aliphatic carbocycles. The van der Waals surface area contributed by atoms with Crippen molar-refractivity contribution in [1.29, 1.82) is 0 Å². The molecule has 8 nitrogen and oxygen atoms in total. The number of allylic oxidation sites excluding steroid dienone is 2. The molecule has 0 amide bonds. The number of nitrogens with zero attached hydrogens (tertiary/aromatic N) is 1. The summed E-state index contributed by atoms with van der Waals surface area (Å²) in [6.07, 6.45) is 1.53. The molecule has 0 fully saturated rings. The van der Waals surface area contributed by atoms with Gasteiger partial charge in [0.1, 0.15) is 5.92 Å². The van der Waals surface area contributed by atoms with Crippen molar-refractivity contribution in [1.82, 2.24) is 0 Å². The lowest BCUT2D eigenvalue weighted by Gasteiger charge is -2.37. The number of ether oxygens (including phenoxy) is 5. The van der Waals surface area contributed by atoms with Gasteiger partial charge in [-0.1, -0.05) is 25.1 Å². The second kappa shape index (κ2) is 11.7. The van der Waals surface area contributed by atoms with Crippen LogP contribution in [-0.2, 0) is 14.3 Å². The normalized spacial score (nSPS) is 20.8. The van der Waals surface area contributed by atoms with E-state index in [4.69, 9.17) is 28.7 Å². The number of carbonyl (C=O) groups is 2. The van der Waals surface area contributed by atoms with Gasteiger partial charge in [-0.05, 0) is 49.4 Å². The van der Waals surface area contributed by atoms with E-state index in [2.05, 4.69) is 0 Å². The first-order chi connectivity index (χ1) is 18.4. The summed E-state index contributed by atoms with van der Waals surface area (Å²) in [6.45, 7) is 4.06. The second-order valence-corrected chi connectivity index (χ2v) is 9.46. The number of para-hydroxylation sites is 1. The summed E-state index contributed by atoms with van der Waals surface area (Å²) < 4.78 is 27.7. The monoisotopic (exact) mass is 521 g/mol. The Hall–Kier alpha value is -3.81. The van der Waals surface area contributed by atoms with Crippen molar-refractivity contribution in [3.8, 4) is 23.0 Å². The van der Waals surface area contributed by atoms with Crippen LogP contribution in [0.15, 0.2) is 52.7 Å². The molecule has 4 rings (SSSR count). The Kier molecular flexibility index (Phi) is 8.39.